The molecular weight excluding hydrogens is 260 g/mol. The zero-order chi connectivity index (χ0) is 15.3. The van der Waals surface area contributed by atoms with Gasteiger partial charge in [0.15, 0.2) is 0 Å². The maximum Gasteiger partial charge on any atom is 0.408 e. The van der Waals surface area contributed by atoms with E-state index < -0.39 is 17.7 Å². The molecule has 1 rings (SSSR count). The molecule has 0 radical (unpaired) electrons. The van der Waals surface area contributed by atoms with E-state index >= 15 is 0 Å². The Morgan fingerprint density at radius 1 is 1.45 bits per heavy atom. The molecule has 114 valence electrons. The average Bonchev–Trinajstić information content (AvgIpc) is 2.31. The number of carbonyl (C=O) groups excluding carboxylic acids is 2. The molecule has 3 atom stereocenters. The molecule has 0 aromatic heterocycles. The molecular formula is C14H24N2O4. The van der Waals surface area contributed by atoms with Crippen LogP contribution < -0.4 is 11.1 Å². The van der Waals surface area contributed by atoms with E-state index in [1.54, 1.807) is 20.8 Å². The summed E-state index contributed by atoms with van der Waals surface area (Å²) in [6.07, 6.45) is 0.391. The van der Waals surface area contributed by atoms with Crippen LogP contribution in [0.3, 0.4) is 0 Å². The quantitative estimate of drug-likeness (QED) is 0.759. The van der Waals surface area contributed by atoms with Crippen LogP contribution in [-0.2, 0) is 14.3 Å². The SMILES string of the molecule is CCOC1CCC(N)C(NC(=O)OC(C)(C)C)C1=C=O. The fourth-order valence-corrected chi connectivity index (χ4v) is 2.22. The highest BCUT2D eigenvalue weighted by atomic mass is 16.6. The van der Waals surface area contributed by atoms with Gasteiger partial charge in [-0.1, -0.05) is 0 Å². The largest absolute Gasteiger partial charge is 0.444 e. The van der Waals surface area contributed by atoms with Crippen LogP contribution in [0.25, 0.3) is 0 Å². The molecule has 0 heterocycles. The van der Waals surface area contributed by atoms with Crippen LogP contribution in [0.15, 0.2) is 5.57 Å². The van der Waals surface area contributed by atoms with E-state index in [-0.39, 0.29) is 12.1 Å². The zero-order valence-electron chi connectivity index (χ0n) is 12.6. The lowest BCUT2D eigenvalue weighted by Crippen LogP contribution is -2.55. The van der Waals surface area contributed by atoms with Gasteiger partial charge in [-0.3, -0.25) is 0 Å². The van der Waals surface area contributed by atoms with E-state index in [1.807, 2.05) is 12.9 Å². The lowest BCUT2D eigenvalue weighted by molar-refractivity contribution is 0.0423. The second kappa shape index (κ2) is 6.88. The van der Waals surface area contributed by atoms with E-state index in [0.29, 0.717) is 25.0 Å². The lowest BCUT2D eigenvalue weighted by atomic mass is 9.85. The molecule has 0 aromatic rings. The van der Waals surface area contributed by atoms with Crippen LogP contribution in [0, 0.1) is 0 Å². The van der Waals surface area contributed by atoms with Crippen LogP contribution in [0.4, 0.5) is 4.79 Å². The van der Waals surface area contributed by atoms with E-state index in [2.05, 4.69) is 5.32 Å². The van der Waals surface area contributed by atoms with Crippen molar-refractivity contribution < 1.29 is 19.1 Å². The van der Waals surface area contributed by atoms with Crippen molar-refractivity contribution in [2.75, 3.05) is 6.61 Å². The van der Waals surface area contributed by atoms with E-state index in [9.17, 15) is 9.59 Å². The van der Waals surface area contributed by atoms with Gasteiger partial charge < -0.3 is 20.5 Å². The van der Waals surface area contributed by atoms with Crippen LogP contribution in [-0.4, -0.2) is 42.4 Å². The third kappa shape index (κ3) is 4.63. The topological polar surface area (TPSA) is 90.7 Å². The molecule has 0 saturated heterocycles. The molecule has 20 heavy (non-hydrogen) atoms. The monoisotopic (exact) mass is 284 g/mol. The Morgan fingerprint density at radius 2 is 2.10 bits per heavy atom. The number of alkyl carbamates (subject to hydrolysis) is 1. The summed E-state index contributed by atoms with van der Waals surface area (Å²) in [5.41, 5.74) is 5.74. The van der Waals surface area contributed by atoms with Crippen LogP contribution in [0.2, 0.25) is 0 Å². The second-order valence-electron chi connectivity index (χ2n) is 5.87. The first-order valence-corrected chi connectivity index (χ1v) is 6.90. The third-order valence-electron chi connectivity index (χ3n) is 3.03. The Balaban J connectivity index is 2.78. The van der Waals surface area contributed by atoms with Gasteiger partial charge in [0.2, 0.25) is 0 Å². The smallest absolute Gasteiger partial charge is 0.408 e. The van der Waals surface area contributed by atoms with Crippen molar-refractivity contribution in [3.8, 4) is 0 Å². The van der Waals surface area contributed by atoms with Gasteiger partial charge in [-0.2, -0.15) is 0 Å². The molecule has 1 aliphatic rings. The second-order valence-corrected chi connectivity index (χ2v) is 5.87. The van der Waals surface area contributed by atoms with Crippen molar-refractivity contribution in [2.45, 2.75) is 64.3 Å². The molecule has 0 aliphatic heterocycles. The predicted octanol–water partition coefficient (Wildman–Crippen LogP) is 1.16. The lowest BCUT2D eigenvalue weighted by Gasteiger charge is -2.35. The molecule has 0 bridgehead atoms. The fourth-order valence-electron chi connectivity index (χ4n) is 2.22. The van der Waals surface area contributed by atoms with Gasteiger partial charge in [0, 0.05) is 12.6 Å². The normalized spacial score (nSPS) is 26.9. The fraction of sp³-hybridized carbons (Fsp3) is 0.786. The van der Waals surface area contributed by atoms with Crippen molar-refractivity contribution in [1.29, 1.82) is 0 Å². The Labute approximate surface area is 119 Å². The zero-order valence-corrected chi connectivity index (χ0v) is 12.6. The van der Waals surface area contributed by atoms with Crippen LogP contribution in [0.5, 0.6) is 0 Å². The average molecular weight is 284 g/mol. The summed E-state index contributed by atoms with van der Waals surface area (Å²) in [7, 11) is 0. The highest BCUT2D eigenvalue weighted by molar-refractivity contribution is 5.70. The summed E-state index contributed by atoms with van der Waals surface area (Å²) < 4.78 is 10.7. The molecule has 0 spiro atoms. The number of ether oxygens (including phenoxy) is 2. The minimum atomic E-state index is -0.604. The summed E-state index contributed by atoms with van der Waals surface area (Å²) in [4.78, 5) is 23.0. The first-order chi connectivity index (χ1) is 9.28. The minimum Gasteiger partial charge on any atom is -0.444 e. The first-order valence-electron chi connectivity index (χ1n) is 6.90. The highest BCUT2D eigenvalue weighted by Crippen LogP contribution is 2.25. The molecule has 1 fully saturated rings. The van der Waals surface area contributed by atoms with Crippen molar-refractivity contribution in [3.05, 3.63) is 5.57 Å². The maximum atomic E-state index is 11.8. The minimum absolute atomic E-state index is 0.336. The Bertz CT molecular complexity index is 396. The Hall–Kier alpha value is -1.36. The van der Waals surface area contributed by atoms with E-state index in [4.69, 9.17) is 15.2 Å². The molecule has 1 saturated carbocycles. The van der Waals surface area contributed by atoms with Crippen molar-refractivity contribution in [3.63, 3.8) is 0 Å². The molecule has 3 unspecified atom stereocenters. The maximum absolute atomic E-state index is 11.8. The number of hydrogen-bond acceptors (Lipinski definition) is 5. The number of nitrogens with two attached hydrogens (primary N) is 1. The first kappa shape index (κ1) is 16.7. The van der Waals surface area contributed by atoms with E-state index in [1.165, 1.54) is 0 Å². The molecule has 0 aromatic carbocycles. The Kier molecular flexibility index (Phi) is 5.74. The van der Waals surface area contributed by atoms with Crippen LogP contribution in [0.1, 0.15) is 40.5 Å². The number of nitrogens with one attached hydrogen (secondary N) is 1. The standard InChI is InChI=1S/C14H24N2O4/c1-5-19-11-7-6-10(15)12(9(11)8-17)16-13(18)20-14(2,3)4/h10-12H,5-7,15H2,1-4H3,(H,16,18). The van der Waals surface area contributed by atoms with Gasteiger partial charge in [0.1, 0.15) is 11.5 Å². The summed E-state index contributed by atoms with van der Waals surface area (Å²) in [5, 5.41) is 2.65. The summed E-state index contributed by atoms with van der Waals surface area (Å²) in [6.45, 7) is 7.66. The number of hydrogen-bond donors (Lipinski definition) is 2. The summed E-state index contributed by atoms with van der Waals surface area (Å²) in [5.74, 6) is 1.88. The van der Waals surface area contributed by atoms with Gasteiger partial charge in [0.25, 0.3) is 0 Å². The molecule has 1 amide bonds. The Morgan fingerprint density at radius 3 is 2.60 bits per heavy atom. The number of amides is 1. The molecule has 3 N–H and O–H groups in total. The van der Waals surface area contributed by atoms with Crippen LogP contribution >= 0.6 is 0 Å². The third-order valence-corrected chi connectivity index (χ3v) is 3.03. The van der Waals surface area contributed by atoms with Gasteiger partial charge >= 0.3 is 6.09 Å². The van der Waals surface area contributed by atoms with Gasteiger partial charge in [0.05, 0.1) is 17.7 Å². The van der Waals surface area contributed by atoms with Gasteiger partial charge in [-0.05, 0) is 40.5 Å². The number of rotatable bonds is 3. The predicted molar refractivity (Wildman–Crippen MR) is 75.0 cm³/mol. The van der Waals surface area contributed by atoms with Gasteiger partial charge in [-0.25, -0.2) is 9.59 Å². The van der Waals surface area contributed by atoms with Crippen molar-refractivity contribution >= 4 is 12.0 Å². The van der Waals surface area contributed by atoms with Gasteiger partial charge in [-0.15, -0.1) is 0 Å². The molecule has 6 heteroatoms. The van der Waals surface area contributed by atoms with Crippen molar-refractivity contribution in [2.24, 2.45) is 5.73 Å². The summed E-state index contributed by atoms with van der Waals surface area (Å²) >= 11 is 0. The highest BCUT2D eigenvalue weighted by Gasteiger charge is 2.36. The molecule has 6 nitrogen and oxygen atoms in total. The molecule has 1 aliphatic carbocycles. The number of carbonyl (C=O) groups is 1. The summed E-state index contributed by atoms with van der Waals surface area (Å²) in [6, 6.07) is -0.927. The van der Waals surface area contributed by atoms with E-state index in [0.717, 1.165) is 0 Å². The van der Waals surface area contributed by atoms with Crippen molar-refractivity contribution in [1.82, 2.24) is 5.32 Å².